The summed E-state index contributed by atoms with van der Waals surface area (Å²) in [5.41, 5.74) is 0.370. The molecular formula is C14H26N4S. The highest BCUT2D eigenvalue weighted by Gasteiger charge is 2.31. The number of thiol groups is 1. The summed E-state index contributed by atoms with van der Waals surface area (Å²) >= 11 is 4.65. The zero-order valence-electron chi connectivity index (χ0n) is 12.2. The van der Waals surface area contributed by atoms with Gasteiger partial charge in [-0.1, -0.05) is 26.7 Å². The summed E-state index contributed by atoms with van der Waals surface area (Å²) in [7, 11) is 0. The largest absolute Gasteiger partial charge is 0.315 e. The van der Waals surface area contributed by atoms with E-state index >= 15 is 0 Å². The van der Waals surface area contributed by atoms with Gasteiger partial charge in [-0.2, -0.15) is 12.6 Å². The van der Waals surface area contributed by atoms with Crippen LogP contribution in [0.5, 0.6) is 0 Å². The molecule has 1 aromatic heterocycles. The fourth-order valence-electron chi connectivity index (χ4n) is 3.28. The van der Waals surface area contributed by atoms with Crippen LogP contribution in [0.1, 0.15) is 45.4 Å². The summed E-state index contributed by atoms with van der Waals surface area (Å²) < 4.78 is 2.17. The van der Waals surface area contributed by atoms with E-state index in [1.165, 1.54) is 25.7 Å². The van der Waals surface area contributed by atoms with E-state index in [2.05, 4.69) is 46.1 Å². The van der Waals surface area contributed by atoms with Crippen LogP contribution in [-0.2, 0) is 13.1 Å². The van der Waals surface area contributed by atoms with E-state index in [0.717, 1.165) is 37.8 Å². The van der Waals surface area contributed by atoms with Gasteiger partial charge in [0.2, 0.25) is 0 Å². The Morgan fingerprint density at radius 2 is 2.00 bits per heavy atom. The summed E-state index contributed by atoms with van der Waals surface area (Å²) in [6.07, 6.45) is 6.87. The maximum atomic E-state index is 4.65. The first-order valence-corrected chi connectivity index (χ1v) is 8.06. The summed E-state index contributed by atoms with van der Waals surface area (Å²) in [5, 5.41) is 8.21. The van der Waals surface area contributed by atoms with Gasteiger partial charge in [-0.3, -0.25) is 4.90 Å². The van der Waals surface area contributed by atoms with Gasteiger partial charge in [0.05, 0.1) is 6.54 Å². The lowest BCUT2D eigenvalue weighted by Gasteiger charge is -2.39. The minimum absolute atomic E-state index is 0.370. The maximum Gasteiger partial charge on any atom is 0.147 e. The molecule has 0 spiro atoms. The molecule has 0 N–H and O–H groups in total. The third-order valence-electron chi connectivity index (χ3n) is 4.17. The zero-order chi connectivity index (χ0) is 13.7. The molecule has 0 atom stereocenters. The van der Waals surface area contributed by atoms with Gasteiger partial charge in [0, 0.05) is 19.6 Å². The quantitative estimate of drug-likeness (QED) is 0.781. The standard InChI is InChI=1S/C14H26N4S/c1-3-5-14(11-19,6-4-2)10-17-7-8-18-12-15-16-13(18)9-17/h12,19H,3-11H2,1-2H3. The first-order valence-electron chi connectivity index (χ1n) is 7.43. The van der Waals surface area contributed by atoms with Crippen molar-refractivity contribution in [3.8, 4) is 0 Å². The van der Waals surface area contributed by atoms with Crippen molar-refractivity contribution in [3.05, 3.63) is 12.2 Å². The van der Waals surface area contributed by atoms with Crippen LogP contribution in [0.2, 0.25) is 0 Å². The molecule has 0 aromatic carbocycles. The number of rotatable bonds is 7. The fraction of sp³-hybridized carbons (Fsp3) is 0.857. The van der Waals surface area contributed by atoms with E-state index < -0.39 is 0 Å². The molecule has 0 saturated heterocycles. The van der Waals surface area contributed by atoms with Crippen molar-refractivity contribution in [1.29, 1.82) is 0 Å². The average molecular weight is 282 g/mol. The zero-order valence-corrected chi connectivity index (χ0v) is 13.1. The van der Waals surface area contributed by atoms with Crippen LogP contribution in [0.4, 0.5) is 0 Å². The van der Waals surface area contributed by atoms with E-state index in [0.29, 0.717) is 5.41 Å². The molecule has 5 heteroatoms. The molecule has 0 amide bonds. The van der Waals surface area contributed by atoms with Gasteiger partial charge in [0.1, 0.15) is 12.2 Å². The van der Waals surface area contributed by atoms with Crippen LogP contribution in [-0.4, -0.2) is 38.5 Å². The highest BCUT2D eigenvalue weighted by atomic mass is 32.1. The van der Waals surface area contributed by atoms with Crippen molar-refractivity contribution < 1.29 is 0 Å². The molecule has 1 aliphatic heterocycles. The van der Waals surface area contributed by atoms with Crippen molar-refractivity contribution in [3.63, 3.8) is 0 Å². The normalized spacial score (nSPS) is 16.6. The van der Waals surface area contributed by atoms with Crippen molar-refractivity contribution in [2.75, 3.05) is 18.8 Å². The molecule has 0 fully saturated rings. The monoisotopic (exact) mass is 282 g/mol. The second-order valence-electron chi connectivity index (χ2n) is 5.81. The topological polar surface area (TPSA) is 34.0 Å². The van der Waals surface area contributed by atoms with Gasteiger partial charge in [-0.25, -0.2) is 0 Å². The van der Waals surface area contributed by atoms with Gasteiger partial charge >= 0.3 is 0 Å². The summed E-state index contributed by atoms with van der Waals surface area (Å²) in [6, 6.07) is 0. The predicted molar refractivity (Wildman–Crippen MR) is 81.4 cm³/mol. The Hall–Kier alpha value is -0.550. The van der Waals surface area contributed by atoms with Gasteiger partial charge in [-0.05, 0) is 24.0 Å². The van der Waals surface area contributed by atoms with Crippen LogP contribution >= 0.6 is 12.6 Å². The Morgan fingerprint density at radius 1 is 1.26 bits per heavy atom. The SMILES string of the molecule is CCCC(CS)(CCC)CN1CCn2cnnc2C1. The Labute approximate surface area is 122 Å². The highest BCUT2D eigenvalue weighted by molar-refractivity contribution is 7.80. The third-order valence-corrected chi connectivity index (χ3v) is 4.84. The Balaban J connectivity index is 2.02. The van der Waals surface area contributed by atoms with Crippen LogP contribution in [0, 0.1) is 5.41 Å². The lowest BCUT2D eigenvalue weighted by Crippen LogP contribution is -2.43. The smallest absolute Gasteiger partial charge is 0.147 e. The van der Waals surface area contributed by atoms with Crippen LogP contribution < -0.4 is 0 Å². The number of nitrogens with zero attached hydrogens (tertiary/aromatic N) is 4. The van der Waals surface area contributed by atoms with E-state index in [9.17, 15) is 0 Å². The fourth-order valence-corrected chi connectivity index (χ4v) is 3.69. The summed E-state index contributed by atoms with van der Waals surface area (Å²) in [6.45, 7) is 8.76. The Morgan fingerprint density at radius 3 is 2.63 bits per heavy atom. The van der Waals surface area contributed by atoms with Crippen LogP contribution in [0.15, 0.2) is 6.33 Å². The molecule has 0 unspecified atom stereocenters. The molecule has 1 aromatic rings. The van der Waals surface area contributed by atoms with Crippen LogP contribution in [0.3, 0.4) is 0 Å². The maximum absolute atomic E-state index is 4.65. The first-order chi connectivity index (χ1) is 9.23. The average Bonchev–Trinajstić information content (AvgIpc) is 2.86. The summed E-state index contributed by atoms with van der Waals surface area (Å²) in [4.78, 5) is 2.53. The molecule has 1 aliphatic rings. The number of hydrogen-bond acceptors (Lipinski definition) is 4. The molecule has 4 nitrogen and oxygen atoms in total. The van der Waals surface area contributed by atoms with Crippen molar-refractivity contribution in [2.24, 2.45) is 5.41 Å². The van der Waals surface area contributed by atoms with Crippen molar-refractivity contribution in [2.45, 2.75) is 52.6 Å². The number of hydrogen-bond donors (Lipinski definition) is 1. The molecule has 108 valence electrons. The molecule has 0 aliphatic carbocycles. The highest BCUT2D eigenvalue weighted by Crippen LogP contribution is 2.33. The molecule has 2 rings (SSSR count). The molecule has 0 radical (unpaired) electrons. The van der Waals surface area contributed by atoms with Crippen molar-refractivity contribution >= 4 is 12.6 Å². The van der Waals surface area contributed by atoms with Gasteiger partial charge in [0.15, 0.2) is 0 Å². The Kier molecular flexibility index (Phi) is 5.28. The predicted octanol–water partition coefficient (Wildman–Crippen LogP) is 2.61. The molecule has 0 bridgehead atoms. The van der Waals surface area contributed by atoms with Gasteiger partial charge < -0.3 is 4.57 Å². The van der Waals surface area contributed by atoms with Crippen molar-refractivity contribution in [1.82, 2.24) is 19.7 Å². The van der Waals surface area contributed by atoms with Gasteiger partial charge in [-0.15, -0.1) is 10.2 Å². The Bertz CT molecular complexity index is 385. The second-order valence-corrected chi connectivity index (χ2v) is 6.13. The minimum atomic E-state index is 0.370. The van der Waals surface area contributed by atoms with Gasteiger partial charge in [0.25, 0.3) is 0 Å². The van der Waals surface area contributed by atoms with E-state index in [4.69, 9.17) is 0 Å². The lowest BCUT2D eigenvalue weighted by atomic mass is 9.80. The molecule has 19 heavy (non-hydrogen) atoms. The molecule has 0 saturated carbocycles. The first kappa shape index (κ1) is 14.9. The van der Waals surface area contributed by atoms with Crippen LogP contribution in [0.25, 0.3) is 0 Å². The van der Waals surface area contributed by atoms with E-state index in [1.807, 2.05) is 6.33 Å². The van der Waals surface area contributed by atoms with E-state index in [-0.39, 0.29) is 0 Å². The number of fused-ring (bicyclic) bond motifs is 1. The molecule has 2 heterocycles. The second kappa shape index (κ2) is 6.75. The van der Waals surface area contributed by atoms with E-state index in [1.54, 1.807) is 0 Å². The lowest BCUT2D eigenvalue weighted by molar-refractivity contribution is 0.120. The third kappa shape index (κ3) is 3.51. The number of aromatic nitrogens is 3. The minimum Gasteiger partial charge on any atom is -0.315 e. The summed E-state index contributed by atoms with van der Waals surface area (Å²) in [5.74, 6) is 2.09. The molecular weight excluding hydrogens is 256 g/mol.